The highest BCUT2D eigenvalue weighted by Crippen LogP contribution is 2.36. The topological polar surface area (TPSA) is 56.0 Å². The van der Waals surface area contributed by atoms with Crippen LogP contribution in [-0.2, 0) is 10.8 Å². The van der Waals surface area contributed by atoms with Gasteiger partial charge in [-0.15, -0.1) is 0 Å². The van der Waals surface area contributed by atoms with Crippen LogP contribution in [0.3, 0.4) is 0 Å². The van der Waals surface area contributed by atoms with Crippen LogP contribution >= 0.6 is 11.6 Å². The summed E-state index contributed by atoms with van der Waals surface area (Å²) in [5, 5.41) is 0.674. The van der Waals surface area contributed by atoms with E-state index >= 15 is 0 Å². The van der Waals surface area contributed by atoms with Gasteiger partial charge in [-0.05, 0) is 47.0 Å². The van der Waals surface area contributed by atoms with Crippen molar-refractivity contribution in [3.8, 4) is 22.3 Å². The molecule has 116 valence electrons. The fraction of sp³-hybridized carbons (Fsp3) is 0.0556. The predicted octanol–water partition coefficient (Wildman–Crippen LogP) is 4.39. The number of rotatable bonds is 3. The molecule has 23 heavy (non-hydrogen) atoms. The van der Waals surface area contributed by atoms with Gasteiger partial charge >= 0.3 is 0 Å². The Morgan fingerprint density at radius 2 is 1.57 bits per heavy atom. The summed E-state index contributed by atoms with van der Waals surface area (Å²) in [5.74, 6) is 0.466. The minimum Gasteiger partial charge on any atom is -0.383 e. The van der Waals surface area contributed by atoms with Gasteiger partial charge in [-0.2, -0.15) is 0 Å². The van der Waals surface area contributed by atoms with Crippen LogP contribution in [0.2, 0.25) is 5.02 Å². The fourth-order valence-corrected chi connectivity index (χ4v) is 3.11. The molecule has 0 amide bonds. The molecule has 1 aromatic heterocycles. The van der Waals surface area contributed by atoms with E-state index in [0.717, 1.165) is 27.1 Å². The molecule has 1 atom stereocenters. The van der Waals surface area contributed by atoms with Gasteiger partial charge in [-0.3, -0.25) is 4.21 Å². The van der Waals surface area contributed by atoms with Crippen LogP contribution in [0, 0.1) is 0 Å². The lowest BCUT2D eigenvalue weighted by Crippen LogP contribution is -1.97. The Balaban J connectivity index is 2.14. The first-order valence-corrected chi connectivity index (χ1v) is 8.94. The zero-order valence-electron chi connectivity index (χ0n) is 12.5. The first kappa shape index (κ1) is 15.7. The van der Waals surface area contributed by atoms with E-state index in [-0.39, 0.29) is 0 Å². The van der Waals surface area contributed by atoms with E-state index in [1.807, 2.05) is 54.6 Å². The normalized spacial score (nSPS) is 12.1. The summed E-state index contributed by atoms with van der Waals surface area (Å²) < 4.78 is 11.5. The van der Waals surface area contributed by atoms with Crippen LogP contribution in [0.1, 0.15) is 0 Å². The van der Waals surface area contributed by atoms with Crippen LogP contribution in [-0.4, -0.2) is 15.4 Å². The second-order valence-corrected chi connectivity index (χ2v) is 6.92. The monoisotopic (exact) mass is 342 g/mol. The molecule has 3 aromatic rings. The first-order valence-electron chi connectivity index (χ1n) is 7.00. The van der Waals surface area contributed by atoms with Crippen molar-refractivity contribution < 1.29 is 4.21 Å². The van der Waals surface area contributed by atoms with Crippen molar-refractivity contribution in [3.63, 3.8) is 0 Å². The number of nitrogens with two attached hydrogens (primary N) is 1. The highest BCUT2D eigenvalue weighted by molar-refractivity contribution is 7.84. The zero-order valence-corrected chi connectivity index (χ0v) is 14.1. The molecule has 0 aliphatic rings. The summed E-state index contributed by atoms with van der Waals surface area (Å²) in [6.45, 7) is 0. The van der Waals surface area contributed by atoms with Crippen molar-refractivity contribution >= 4 is 28.2 Å². The van der Waals surface area contributed by atoms with Gasteiger partial charge in [-0.25, -0.2) is 4.98 Å². The molecule has 2 aromatic carbocycles. The summed E-state index contributed by atoms with van der Waals surface area (Å²) in [6.07, 6.45) is 3.36. The molecule has 3 rings (SSSR count). The third kappa shape index (κ3) is 3.28. The number of halogens is 1. The smallest absolute Gasteiger partial charge is 0.131 e. The van der Waals surface area contributed by atoms with Crippen molar-refractivity contribution in [2.75, 3.05) is 12.0 Å². The molecule has 1 heterocycles. The standard InChI is InChI=1S/C18H15ClN2OS/c1-23(22)15-8-4-12(5-9-15)16-10-11-21-18(20)17(16)13-2-6-14(19)7-3-13/h2-11H,1H3,(H2,20,21). The molecule has 0 radical (unpaired) electrons. The maximum atomic E-state index is 11.5. The van der Waals surface area contributed by atoms with Gasteiger partial charge in [0.05, 0.1) is 0 Å². The number of benzene rings is 2. The van der Waals surface area contributed by atoms with Crippen molar-refractivity contribution in [1.82, 2.24) is 4.98 Å². The Morgan fingerprint density at radius 1 is 0.957 bits per heavy atom. The van der Waals surface area contributed by atoms with Crippen molar-refractivity contribution in [2.24, 2.45) is 0 Å². The average Bonchev–Trinajstić information content (AvgIpc) is 2.56. The fourth-order valence-electron chi connectivity index (χ4n) is 2.46. The Kier molecular flexibility index (Phi) is 4.46. The molecule has 0 saturated carbocycles. The largest absolute Gasteiger partial charge is 0.383 e. The maximum absolute atomic E-state index is 11.5. The van der Waals surface area contributed by atoms with Crippen molar-refractivity contribution in [1.29, 1.82) is 0 Å². The van der Waals surface area contributed by atoms with Gasteiger partial charge < -0.3 is 5.73 Å². The number of pyridine rings is 1. The number of nitrogen functional groups attached to an aromatic ring is 1. The van der Waals surface area contributed by atoms with Crippen LogP contribution < -0.4 is 5.73 Å². The Bertz CT molecular complexity index is 861. The molecule has 3 nitrogen and oxygen atoms in total. The first-order chi connectivity index (χ1) is 11.1. The summed E-state index contributed by atoms with van der Waals surface area (Å²) >= 11 is 5.97. The highest BCUT2D eigenvalue weighted by atomic mass is 35.5. The average molecular weight is 343 g/mol. The van der Waals surface area contributed by atoms with Crippen molar-refractivity contribution in [3.05, 3.63) is 65.8 Å². The third-order valence-electron chi connectivity index (χ3n) is 3.61. The van der Waals surface area contributed by atoms with Gasteiger partial charge in [0.2, 0.25) is 0 Å². The SMILES string of the molecule is CS(=O)c1ccc(-c2ccnc(N)c2-c2ccc(Cl)cc2)cc1. The lowest BCUT2D eigenvalue weighted by atomic mass is 9.95. The van der Waals surface area contributed by atoms with E-state index < -0.39 is 10.8 Å². The molecule has 0 spiro atoms. The molecule has 0 bridgehead atoms. The highest BCUT2D eigenvalue weighted by Gasteiger charge is 2.12. The molecule has 2 N–H and O–H groups in total. The quantitative estimate of drug-likeness (QED) is 0.768. The maximum Gasteiger partial charge on any atom is 0.131 e. The van der Waals surface area contributed by atoms with Gasteiger partial charge in [0.1, 0.15) is 5.82 Å². The molecular weight excluding hydrogens is 328 g/mol. The molecule has 5 heteroatoms. The zero-order chi connectivity index (χ0) is 16.4. The number of nitrogens with zero attached hydrogens (tertiary/aromatic N) is 1. The third-order valence-corrected chi connectivity index (χ3v) is 4.80. The number of hydrogen-bond acceptors (Lipinski definition) is 3. The molecule has 1 unspecified atom stereocenters. The van der Waals surface area contributed by atoms with E-state index in [9.17, 15) is 4.21 Å². The van der Waals surface area contributed by atoms with Gasteiger partial charge in [0.15, 0.2) is 0 Å². The van der Waals surface area contributed by atoms with E-state index in [1.165, 1.54) is 0 Å². The van der Waals surface area contributed by atoms with Crippen LogP contribution in [0.25, 0.3) is 22.3 Å². The predicted molar refractivity (Wildman–Crippen MR) is 96.9 cm³/mol. The van der Waals surface area contributed by atoms with E-state index in [2.05, 4.69) is 4.98 Å². The Hall–Kier alpha value is -2.17. The van der Waals surface area contributed by atoms with E-state index in [0.29, 0.717) is 10.8 Å². The van der Waals surface area contributed by atoms with Crippen molar-refractivity contribution in [2.45, 2.75) is 4.90 Å². The lowest BCUT2D eigenvalue weighted by molar-refractivity contribution is 0.687. The Morgan fingerprint density at radius 3 is 2.17 bits per heavy atom. The molecule has 0 aliphatic carbocycles. The number of anilines is 1. The molecule has 0 saturated heterocycles. The lowest BCUT2D eigenvalue weighted by Gasteiger charge is -2.12. The number of aromatic nitrogens is 1. The van der Waals surface area contributed by atoms with E-state index in [4.69, 9.17) is 17.3 Å². The Labute approximate surface area is 142 Å². The van der Waals surface area contributed by atoms with Crippen LogP contribution in [0.15, 0.2) is 65.7 Å². The van der Waals surface area contributed by atoms with Crippen LogP contribution in [0.4, 0.5) is 5.82 Å². The van der Waals surface area contributed by atoms with Gasteiger partial charge in [-0.1, -0.05) is 35.9 Å². The van der Waals surface area contributed by atoms with E-state index in [1.54, 1.807) is 12.5 Å². The minimum atomic E-state index is -0.994. The minimum absolute atomic E-state index is 0.466. The summed E-state index contributed by atoms with van der Waals surface area (Å²) in [4.78, 5) is 5.00. The summed E-state index contributed by atoms with van der Waals surface area (Å²) in [5.41, 5.74) is 9.92. The molecular formula is C18H15ClN2OS. The second-order valence-electron chi connectivity index (χ2n) is 5.10. The molecule has 0 aliphatic heterocycles. The van der Waals surface area contributed by atoms with Crippen LogP contribution in [0.5, 0.6) is 0 Å². The van der Waals surface area contributed by atoms with Gasteiger partial charge in [0.25, 0.3) is 0 Å². The molecule has 0 fully saturated rings. The van der Waals surface area contributed by atoms with Gasteiger partial charge in [0, 0.05) is 38.7 Å². The number of hydrogen-bond donors (Lipinski definition) is 1. The summed E-state index contributed by atoms with van der Waals surface area (Å²) in [7, 11) is -0.994. The summed E-state index contributed by atoms with van der Waals surface area (Å²) in [6, 6.07) is 17.1. The second kappa shape index (κ2) is 6.52.